The molecule has 1 fully saturated rings. The molecular formula is C14H19N7O2. The van der Waals surface area contributed by atoms with Gasteiger partial charge in [0.1, 0.15) is 11.9 Å². The van der Waals surface area contributed by atoms with Crippen molar-refractivity contribution in [2.45, 2.75) is 12.5 Å². The molecule has 3 N–H and O–H groups in total. The van der Waals surface area contributed by atoms with E-state index in [1.54, 1.807) is 17.9 Å². The smallest absolute Gasteiger partial charge is 0.407 e. The maximum atomic E-state index is 11.3. The average Bonchev–Trinajstić information content (AvgIpc) is 3.15. The summed E-state index contributed by atoms with van der Waals surface area (Å²) in [6.45, 7) is 1.32. The molecule has 3 rings (SSSR count). The number of nitrogens with one attached hydrogen (secondary N) is 1. The zero-order valence-electron chi connectivity index (χ0n) is 13.1. The van der Waals surface area contributed by atoms with Crippen molar-refractivity contribution in [2.75, 3.05) is 30.8 Å². The van der Waals surface area contributed by atoms with Crippen LogP contribution in [-0.4, -0.2) is 52.1 Å². The standard InChI is InChI=1S/C14H19N7O2/c1-16-14(22)23-9-4-6-21(8-9)12-7-10(18-13(15)19-12)11-3-5-17-20(11)2/h3,5,7,9H,4,6,8H2,1-2H3,(H,16,22)(H2,15,18,19)/t9-/m1/s1. The third-order valence-corrected chi connectivity index (χ3v) is 3.76. The summed E-state index contributed by atoms with van der Waals surface area (Å²) in [5, 5.41) is 6.60. The second kappa shape index (κ2) is 6.11. The fraction of sp³-hybridized carbons (Fsp3) is 0.429. The Balaban J connectivity index is 1.80. The number of carbonyl (C=O) groups excluding carboxylic acids is 1. The maximum Gasteiger partial charge on any atom is 0.407 e. The number of carbonyl (C=O) groups is 1. The van der Waals surface area contributed by atoms with Gasteiger partial charge in [-0.2, -0.15) is 10.1 Å². The van der Waals surface area contributed by atoms with Gasteiger partial charge >= 0.3 is 6.09 Å². The highest BCUT2D eigenvalue weighted by Crippen LogP contribution is 2.25. The van der Waals surface area contributed by atoms with Crippen molar-refractivity contribution in [1.29, 1.82) is 0 Å². The van der Waals surface area contributed by atoms with Crippen LogP contribution in [0.3, 0.4) is 0 Å². The molecule has 1 aliphatic rings. The number of hydrogen-bond donors (Lipinski definition) is 2. The molecule has 1 atom stereocenters. The molecule has 0 unspecified atom stereocenters. The lowest BCUT2D eigenvalue weighted by Gasteiger charge is -2.18. The Morgan fingerprint density at radius 2 is 2.30 bits per heavy atom. The van der Waals surface area contributed by atoms with Gasteiger partial charge in [-0.25, -0.2) is 9.78 Å². The van der Waals surface area contributed by atoms with E-state index in [4.69, 9.17) is 10.5 Å². The number of aromatic nitrogens is 4. The monoisotopic (exact) mass is 317 g/mol. The highest BCUT2D eigenvalue weighted by molar-refractivity contribution is 5.67. The molecule has 1 amide bonds. The summed E-state index contributed by atoms with van der Waals surface area (Å²) in [7, 11) is 3.39. The van der Waals surface area contributed by atoms with Gasteiger partial charge in [-0.3, -0.25) is 4.68 Å². The number of nitrogen functional groups attached to an aromatic ring is 1. The van der Waals surface area contributed by atoms with Crippen molar-refractivity contribution >= 4 is 17.9 Å². The molecule has 1 aliphatic heterocycles. The average molecular weight is 317 g/mol. The number of nitrogens with zero attached hydrogens (tertiary/aromatic N) is 5. The Kier molecular flexibility index (Phi) is 4.00. The molecule has 9 heteroatoms. The van der Waals surface area contributed by atoms with Crippen LogP contribution in [0.15, 0.2) is 18.3 Å². The molecule has 0 aromatic carbocycles. The van der Waals surface area contributed by atoms with Crippen LogP contribution in [0.1, 0.15) is 6.42 Å². The Bertz CT molecular complexity index is 715. The molecule has 0 radical (unpaired) electrons. The molecule has 23 heavy (non-hydrogen) atoms. The number of hydrogen-bond acceptors (Lipinski definition) is 7. The summed E-state index contributed by atoms with van der Waals surface area (Å²) in [6.07, 6.45) is 1.87. The first-order chi connectivity index (χ1) is 11.1. The zero-order valence-corrected chi connectivity index (χ0v) is 13.1. The first kappa shape index (κ1) is 15.1. The predicted octanol–water partition coefficient (Wildman–Crippen LogP) is 0.394. The molecule has 2 aromatic rings. The minimum absolute atomic E-state index is 0.161. The molecule has 0 aliphatic carbocycles. The molecule has 9 nitrogen and oxygen atoms in total. The van der Waals surface area contributed by atoms with Crippen LogP contribution in [0.4, 0.5) is 16.6 Å². The molecule has 0 spiro atoms. The summed E-state index contributed by atoms with van der Waals surface area (Å²) < 4.78 is 7.01. The second-order valence-corrected chi connectivity index (χ2v) is 5.32. The zero-order chi connectivity index (χ0) is 16.4. The van der Waals surface area contributed by atoms with E-state index in [2.05, 4.69) is 20.4 Å². The maximum absolute atomic E-state index is 11.3. The lowest BCUT2D eigenvalue weighted by Crippen LogP contribution is -2.29. The van der Waals surface area contributed by atoms with Gasteiger partial charge in [0, 0.05) is 39.3 Å². The van der Waals surface area contributed by atoms with Crippen LogP contribution in [0.5, 0.6) is 0 Å². The number of nitrogens with two attached hydrogens (primary N) is 1. The molecule has 2 aromatic heterocycles. The van der Waals surface area contributed by atoms with Gasteiger partial charge in [-0.15, -0.1) is 0 Å². The summed E-state index contributed by atoms with van der Waals surface area (Å²) in [5.41, 5.74) is 7.42. The van der Waals surface area contributed by atoms with Crippen molar-refractivity contribution < 1.29 is 9.53 Å². The van der Waals surface area contributed by atoms with Crippen molar-refractivity contribution in [3.63, 3.8) is 0 Å². The molecule has 122 valence electrons. The van der Waals surface area contributed by atoms with E-state index in [0.29, 0.717) is 12.2 Å². The van der Waals surface area contributed by atoms with Crippen molar-refractivity contribution in [3.8, 4) is 11.4 Å². The van der Waals surface area contributed by atoms with Crippen LogP contribution < -0.4 is 16.0 Å². The minimum Gasteiger partial charge on any atom is -0.444 e. The number of alkyl carbamates (subject to hydrolysis) is 1. The van der Waals surface area contributed by atoms with Crippen molar-refractivity contribution in [2.24, 2.45) is 7.05 Å². The third kappa shape index (κ3) is 3.17. The first-order valence-corrected chi connectivity index (χ1v) is 7.33. The van der Waals surface area contributed by atoms with E-state index < -0.39 is 6.09 Å². The van der Waals surface area contributed by atoms with Gasteiger partial charge in [0.15, 0.2) is 0 Å². The topological polar surface area (TPSA) is 111 Å². The fourth-order valence-electron chi connectivity index (χ4n) is 2.61. The fourth-order valence-corrected chi connectivity index (χ4v) is 2.61. The Labute approximate surface area is 133 Å². The van der Waals surface area contributed by atoms with E-state index >= 15 is 0 Å². The molecule has 1 saturated heterocycles. The number of rotatable bonds is 3. The molecule has 0 bridgehead atoms. The van der Waals surface area contributed by atoms with Crippen molar-refractivity contribution in [1.82, 2.24) is 25.1 Å². The Morgan fingerprint density at radius 3 is 3.00 bits per heavy atom. The van der Waals surface area contributed by atoms with Crippen molar-refractivity contribution in [3.05, 3.63) is 18.3 Å². The van der Waals surface area contributed by atoms with Gasteiger partial charge in [0.05, 0.1) is 17.9 Å². The van der Waals surface area contributed by atoms with Crippen LogP contribution in [0.2, 0.25) is 0 Å². The highest BCUT2D eigenvalue weighted by atomic mass is 16.6. The van der Waals surface area contributed by atoms with E-state index in [9.17, 15) is 4.79 Å². The van der Waals surface area contributed by atoms with E-state index in [0.717, 1.165) is 24.5 Å². The first-order valence-electron chi connectivity index (χ1n) is 7.33. The quantitative estimate of drug-likeness (QED) is 0.842. The van der Waals surface area contributed by atoms with E-state index in [1.807, 2.05) is 24.1 Å². The summed E-state index contributed by atoms with van der Waals surface area (Å²) >= 11 is 0. The Hall–Kier alpha value is -2.84. The van der Waals surface area contributed by atoms with Gasteiger partial charge in [0.2, 0.25) is 5.95 Å². The van der Waals surface area contributed by atoms with Crippen LogP contribution in [0.25, 0.3) is 11.4 Å². The van der Waals surface area contributed by atoms with Crippen LogP contribution >= 0.6 is 0 Å². The lowest BCUT2D eigenvalue weighted by molar-refractivity contribution is 0.110. The number of anilines is 2. The van der Waals surface area contributed by atoms with Crippen LogP contribution in [-0.2, 0) is 11.8 Å². The van der Waals surface area contributed by atoms with Crippen LogP contribution in [0, 0.1) is 0 Å². The molecule has 0 saturated carbocycles. The Morgan fingerprint density at radius 1 is 1.48 bits per heavy atom. The number of ether oxygens (including phenoxy) is 1. The molecular weight excluding hydrogens is 298 g/mol. The van der Waals surface area contributed by atoms with Gasteiger partial charge in [-0.1, -0.05) is 0 Å². The SMILES string of the molecule is CNC(=O)O[C@@H]1CCN(c2cc(-c3ccnn3C)nc(N)n2)C1. The largest absolute Gasteiger partial charge is 0.444 e. The minimum atomic E-state index is -0.422. The van der Waals surface area contributed by atoms with E-state index in [1.165, 1.54) is 0 Å². The van der Waals surface area contributed by atoms with Gasteiger partial charge in [-0.05, 0) is 6.07 Å². The summed E-state index contributed by atoms with van der Waals surface area (Å²) in [6, 6.07) is 3.74. The normalized spacial score (nSPS) is 17.3. The third-order valence-electron chi connectivity index (χ3n) is 3.76. The van der Waals surface area contributed by atoms with E-state index in [-0.39, 0.29) is 12.1 Å². The highest BCUT2D eigenvalue weighted by Gasteiger charge is 2.27. The number of aryl methyl sites for hydroxylation is 1. The summed E-state index contributed by atoms with van der Waals surface area (Å²) in [4.78, 5) is 21.9. The number of amides is 1. The predicted molar refractivity (Wildman–Crippen MR) is 84.8 cm³/mol. The second-order valence-electron chi connectivity index (χ2n) is 5.32. The van der Waals surface area contributed by atoms with Gasteiger partial charge < -0.3 is 20.7 Å². The molecule has 3 heterocycles. The lowest BCUT2D eigenvalue weighted by atomic mass is 10.3. The summed E-state index contributed by atoms with van der Waals surface area (Å²) in [5.74, 6) is 0.922. The van der Waals surface area contributed by atoms with Gasteiger partial charge in [0.25, 0.3) is 0 Å².